The lowest BCUT2D eigenvalue weighted by atomic mass is 10.2. The Hall–Kier alpha value is -2.59. The zero-order chi connectivity index (χ0) is 18.2. The molecule has 0 saturated carbocycles. The lowest BCUT2D eigenvalue weighted by Gasteiger charge is -2.16. The summed E-state index contributed by atoms with van der Waals surface area (Å²) in [7, 11) is -6.84. The van der Waals surface area contributed by atoms with E-state index < -0.39 is 31.8 Å². The lowest BCUT2D eigenvalue weighted by molar-refractivity contribution is 0.0885. The van der Waals surface area contributed by atoms with Crippen LogP contribution < -0.4 is 9.46 Å². The average molecular weight is 382 g/mol. The summed E-state index contributed by atoms with van der Waals surface area (Å²) in [6, 6.07) is 11.6. The molecule has 1 aliphatic rings. The fourth-order valence-electron chi connectivity index (χ4n) is 2.38. The number of amides is 1. The molecule has 0 fully saturated rings. The number of methoxy groups -OCH3 is 1. The topological polar surface area (TPSA) is 110 Å². The molecule has 0 aromatic heterocycles. The van der Waals surface area contributed by atoms with E-state index in [0.29, 0.717) is 10.1 Å². The van der Waals surface area contributed by atoms with E-state index in [1.165, 1.54) is 43.5 Å². The number of hydrogen-bond acceptors (Lipinski definition) is 6. The summed E-state index contributed by atoms with van der Waals surface area (Å²) < 4.78 is 57.0. The van der Waals surface area contributed by atoms with Crippen LogP contribution in [-0.2, 0) is 20.0 Å². The van der Waals surface area contributed by atoms with Crippen molar-refractivity contribution in [3.63, 3.8) is 0 Å². The number of sulfonamides is 2. The van der Waals surface area contributed by atoms with E-state index in [2.05, 4.69) is 4.72 Å². The molecule has 132 valence electrons. The predicted molar refractivity (Wildman–Crippen MR) is 90.2 cm³/mol. The number of fused-ring (bicyclic) bond motifs is 1. The van der Waals surface area contributed by atoms with Gasteiger partial charge in [0.25, 0.3) is 26.0 Å². The number of anilines is 1. The van der Waals surface area contributed by atoms with E-state index in [0.717, 1.165) is 0 Å². The molecule has 0 aliphatic carbocycles. The summed E-state index contributed by atoms with van der Waals surface area (Å²) in [6.07, 6.45) is 0. The quantitative estimate of drug-likeness (QED) is 0.833. The van der Waals surface area contributed by atoms with Crippen molar-refractivity contribution in [2.45, 2.75) is 4.90 Å². The molecule has 0 spiro atoms. The molecule has 0 saturated heterocycles. The Balaban J connectivity index is 1.85. The van der Waals surface area contributed by atoms with E-state index in [-0.39, 0.29) is 16.1 Å². The highest BCUT2D eigenvalue weighted by molar-refractivity contribution is 7.95. The summed E-state index contributed by atoms with van der Waals surface area (Å²) in [5.74, 6) is -1.33. The number of carbonyl (C=O) groups excluding carboxylic acids is 1. The molecular weight excluding hydrogens is 368 g/mol. The molecule has 10 heteroatoms. The maximum atomic E-state index is 12.4. The molecule has 3 rings (SSSR count). The SMILES string of the molecule is COc1ccc(NS(=O)(=O)CN2C(=O)c3ccccc3S2(=O)=O)cc1. The first-order chi connectivity index (χ1) is 11.7. The average Bonchev–Trinajstić information content (AvgIpc) is 2.76. The van der Waals surface area contributed by atoms with Gasteiger partial charge in [-0.1, -0.05) is 12.1 Å². The van der Waals surface area contributed by atoms with Crippen molar-refractivity contribution in [1.82, 2.24) is 4.31 Å². The predicted octanol–water partition coefficient (Wildman–Crippen LogP) is 1.24. The molecular formula is C15H14N2O6S2. The number of ether oxygens (including phenoxy) is 1. The Morgan fingerprint density at radius 2 is 1.72 bits per heavy atom. The van der Waals surface area contributed by atoms with Gasteiger partial charge in [0.2, 0.25) is 0 Å². The molecule has 25 heavy (non-hydrogen) atoms. The lowest BCUT2D eigenvalue weighted by Crippen LogP contribution is -2.37. The summed E-state index contributed by atoms with van der Waals surface area (Å²) in [6.45, 7) is 0. The fourth-order valence-corrected chi connectivity index (χ4v) is 5.58. The first kappa shape index (κ1) is 17.2. The standard InChI is InChI=1S/C15H14N2O6S2/c1-23-12-8-6-11(7-9-12)16-24(19,20)10-17-15(18)13-4-2-3-5-14(13)25(17,21)22/h2-9,16H,10H2,1H3. The molecule has 2 aromatic rings. The van der Waals surface area contributed by atoms with Gasteiger partial charge in [0.05, 0.1) is 12.7 Å². The number of benzene rings is 2. The van der Waals surface area contributed by atoms with Crippen molar-refractivity contribution < 1.29 is 26.4 Å². The van der Waals surface area contributed by atoms with E-state index >= 15 is 0 Å². The Morgan fingerprint density at radius 3 is 2.32 bits per heavy atom. The minimum atomic E-state index is -4.19. The van der Waals surface area contributed by atoms with Crippen LogP contribution in [0.15, 0.2) is 53.4 Å². The van der Waals surface area contributed by atoms with Gasteiger partial charge in [-0.25, -0.2) is 21.1 Å². The van der Waals surface area contributed by atoms with Crippen LogP contribution in [0.3, 0.4) is 0 Å². The van der Waals surface area contributed by atoms with Crippen LogP contribution in [0.4, 0.5) is 5.69 Å². The van der Waals surface area contributed by atoms with E-state index in [1.54, 1.807) is 12.1 Å². The largest absolute Gasteiger partial charge is 0.497 e. The van der Waals surface area contributed by atoms with Gasteiger partial charge in [0, 0.05) is 5.69 Å². The molecule has 0 radical (unpaired) electrons. The van der Waals surface area contributed by atoms with Crippen LogP contribution in [0.25, 0.3) is 0 Å². The van der Waals surface area contributed by atoms with Crippen LogP contribution >= 0.6 is 0 Å². The third-order valence-electron chi connectivity index (χ3n) is 3.56. The van der Waals surface area contributed by atoms with Gasteiger partial charge in [0.1, 0.15) is 10.6 Å². The van der Waals surface area contributed by atoms with Crippen LogP contribution in [-0.4, -0.2) is 40.0 Å². The van der Waals surface area contributed by atoms with Gasteiger partial charge in [-0.15, -0.1) is 0 Å². The Kier molecular flexibility index (Phi) is 4.17. The zero-order valence-corrected chi connectivity index (χ0v) is 14.7. The van der Waals surface area contributed by atoms with Gasteiger partial charge < -0.3 is 4.74 Å². The van der Waals surface area contributed by atoms with Gasteiger partial charge in [-0.2, -0.15) is 0 Å². The Labute approximate surface area is 145 Å². The van der Waals surface area contributed by atoms with Crippen molar-refractivity contribution in [3.8, 4) is 5.75 Å². The summed E-state index contributed by atoms with van der Waals surface area (Å²) in [4.78, 5) is 12.1. The Morgan fingerprint density at radius 1 is 1.08 bits per heavy atom. The monoisotopic (exact) mass is 382 g/mol. The maximum absolute atomic E-state index is 12.4. The molecule has 2 aromatic carbocycles. The van der Waals surface area contributed by atoms with Crippen LogP contribution in [0.5, 0.6) is 5.75 Å². The highest BCUT2D eigenvalue weighted by Gasteiger charge is 2.43. The minimum Gasteiger partial charge on any atom is -0.497 e. The first-order valence-electron chi connectivity index (χ1n) is 7.05. The molecule has 0 bridgehead atoms. The molecule has 1 amide bonds. The van der Waals surface area contributed by atoms with Crippen LogP contribution in [0.1, 0.15) is 10.4 Å². The highest BCUT2D eigenvalue weighted by Crippen LogP contribution is 2.30. The van der Waals surface area contributed by atoms with Crippen molar-refractivity contribution in [2.75, 3.05) is 17.7 Å². The smallest absolute Gasteiger partial charge is 0.270 e. The third-order valence-corrected chi connectivity index (χ3v) is 6.66. The van der Waals surface area contributed by atoms with E-state index in [1.807, 2.05) is 0 Å². The van der Waals surface area contributed by atoms with Crippen LogP contribution in [0, 0.1) is 0 Å². The van der Waals surface area contributed by atoms with Gasteiger partial charge in [0.15, 0.2) is 5.88 Å². The minimum absolute atomic E-state index is 0.0397. The molecule has 8 nitrogen and oxygen atoms in total. The number of carbonyl (C=O) groups is 1. The normalized spacial score (nSPS) is 15.7. The molecule has 1 aliphatic heterocycles. The van der Waals surface area contributed by atoms with Gasteiger partial charge in [-0.05, 0) is 36.4 Å². The number of nitrogens with zero attached hydrogens (tertiary/aromatic N) is 1. The van der Waals surface area contributed by atoms with E-state index in [4.69, 9.17) is 4.74 Å². The second-order valence-electron chi connectivity index (χ2n) is 5.23. The number of hydrogen-bond donors (Lipinski definition) is 1. The van der Waals surface area contributed by atoms with Crippen LogP contribution in [0.2, 0.25) is 0 Å². The zero-order valence-electron chi connectivity index (χ0n) is 13.0. The molecule has 0 atom stereocenters. The number of nitrogens with one attached hydrogen (secondary N) is 1. The Bertz CT molecular complexity index is 1030. The first-order valence-corrected chi connectivity index (χ1v) is 10.1. The van der Waals surface area contributed by atoms with Crippen molar-refractivity contribution in [1.29, 1.82) is 0 Å². The summed E-state index contributed by atoms with van der Waals surface area (Å²) >= 11 is 0. The van der Waals surface area contributed by atoms with Crippen molar-refractivity contribution >= 4 is 31.6 Å². The third kappa shape index (κ3) is 3.17. The maximum Gasteiger partial charge on any atom is 0.270 e. The van der Waals surface area contributed by atoms with E-state index in [9.17, 15) is 21.6 Å². The van der Waals surface area contributed by atoms with Gasteiger partial charge >= 0.3 is 0 Å². The second kappa shape index (κ2) is 6.05. The second-order valence-corrected chi connectivity index (χ2v) is 8.75. The van der Waals surface area contributed by atoms with Crippen molar-refractivity contribution in [2.24, 2.45) is 0 Å². The van der Waals surface area contributed by atoms with Gasteiger partial charge in [-0.3, -0.25) is 9.52 Å². The molecule has 0 unspecified atom stereocenters. The fraction of sp³-hybridized carbons (Fsp3) is 0.133. The highest BCUT2D eigenvalue weighted by atomic mass is 32.2. The number of rotatable bonds is 5. The summed E-state index contributed by atoms with van der Waals surface area (Å²) in [5.41, 5.74) is 0.185. The summed E-state index contributed by atoms with van der Waals surface area (Å²) in [5, 5.41) is 0. The molecule has 1 heterocycles. The van der Waals surface area contributed by atoms with Crippen molar-refractivity contribution in [3.05, 3.63) is 54.1 Å². The molecule has 1 N–H and O–H groups in total.